The monoisotopic (exact) mass is 297 g/mol. The number of aliphatic carboxylic acids is 1. The van der Waals surface area contributed by atoms with Crippen LogP contribution in [0.4, 0.5) is 0 Å². The minimum atomic E-state index is -0.702. The Hall–Kier alpha value is -0.650. The lowest BCUT2D eigenvalue weighted by molar-refractivity contribution is -0.174. The number of piperidine rings is 1. The van der Waals surface area contributed by atoms with Crippen molar-refractivity contribution >= 4 is 5.97 Å². The van der Waals surface area contributed by atoms with Crippen LogP contribution in [-0.2, 0) is 14.3 Å². The van der Waals surface area contributed by atoms with Gasteiger partial charge in [-0.05, 0) is 58.4 Å². The van der Waals surface area contributed by atoms with Gasteiger partial charge in [-0.25, -0.2) is 0 Å². The summed E-state index contributed by atoms with van der Waals surface area (Å²) in [4.78, 5) is 14.1. The maximum atomic E-state index is 11.8. The highest BCUT2D eigenvalue weighted by Gasteiger charge is 2.48. The van der Waals surface area contributed by atoms with Gasteiger partial charge in [-0.15, -0.1) is 0 Å². The van der Waals surface area contributed by atoms with Gasteiger partial charge in [-0.3, -0.25) is 9.69 Å². The fourth-order valence-electron chi connectivity index (χ4n) is 4.32. The molecule has 21 heavy (non-hydrogen) atoms. The standard InChI is InChI=1S/C16H27NO4/c1-15(14(18)19)5-2-3-8-17(15)13-4-9-21-16(12-13)6-10-20-11-7-16/h13H,2-12H2,1H3,(H,18,19). The average molecular weight is 297 g/mol. The number of nitrogens with zero attached hydrogens (tertiary/aromatic N) is 1. The highest BCUT2D eigenvalue weighted by Crippen LogP contribution is 2.40. The molecule has 3 saturated heterocycles. The summed E-state index contributed by atoms with van der Waals surface area (Å²) in [6, 6.07) is 0.332. The molecule has 0 saturated carbocycles. The smallest absolute Gasteiger partial charge is 0.323 e. The van der Waals surface area contributed by atoms with E-state index in [-0.39, 0.29) is 5.60 Å². The Kier molecular flexibility index (Phi) is 4.26. The summed E-state index contributed by atoms with van der Waals surface area (Å²) in [5.41, 5.74) is -0.773. The molecular weight excluding hydrogens is 270 g/mol. The van der Waals surface area contributed by atoms with Gasteiger partial charge in [0, 0.05) is 25.9 Å². The third-order valence-electron chi connectivity index (χ3n) is 5.72. The van der Waals surface area contributed by atoms with Crippen molar-refractivity contribution in [2.24, 2.45) is 0 Å². The van der Waals surface area contributed by atoms with Gasteiger partial charge in [0.2, 0.25) is 0 Å². The Morgan fingerprint density at radius 3 is 2.67 bits per heavy atom. The molecule has 3 rings (SSSR count). The zero-order valence-electron chi connectivity index (χ0n) is 13.0. The van der Waals surface area contributed by atoms with Crippen LogP contribution >= 0.6 is 0 Å². The number of carboxylic acids is 1. The summed E-state index contributed by atoms with van der Waals surface area (Å²) >= 11 is 0. The number of hydrogen-bond donors (Lipinski definition) is 1. The molecule has 0 aromatic heterocycles. The summed E-state index contributed by atoms with van der Waals surface area (Å²) in [5.74, 6) is -0.672. The largest absolute Gasteiger partial charge is 0.480 e. The van der Waals surface area contributed by atoms with Crippen molar-refractivity contribution in [1.29, 1.82) is 0 Å². The van der Waals surface area contributed by atoms with Crippen LogP contribution in [0.25, 0.3) is 0 Å². The lowest BCUT2D eigenvalue weighted by Crippen LogP contribution is -2.62. The van der Waals surface area contributed by atoms with Crippen molar-refractivity contribution in [3.8, 4) is 0 Å². The topological polar surface area (TPSA) is 59.0 Å². The summed E-state index contributed by atoms with van der Waals surface area (Å²) in [6.07, 6.45) is 6.68. The predicted octanol–water partition coefficient (Wildman–Crippen LogP) is 2.04. The van der Waals surface area contributed by atoms with E-state index in [0.29, 0.717) is 6.04 Å². The zero-order chi connectivity index (χ0) is 14.9. The number of hydrogen-bond acceptors (Lipinski definition) is 4. The number of carbonyl (C=O) groups is 1. The fourth-order valence-corrected chi connectivity index (χ4v) is 4.32. The van der Waals surface area contributed by atoms with Crippen LogP contribution in [0.15, 0.2) is 0 Å². The molecule has 2 atom stereocenters. The summed E-state index contributed by atoms with van der Waals surface area (Å²) in [5, 5.41) is 9.71. The van der Waals surface area contributed by atoms with E-state index in [1.165, 1.54) is 0 Å². The highest BCUT2D eigenvalue weighted by molar-refractivity contribution is 5.78. The minimum Gasteiger partial charge on any atom is -0.480 e. The Balaban J connectivity index is 1.76. The van der Waals surface area contributed by atoms with Crippen LogP contribution < -0.4 is 0 Å². The molecule has 0 amide bonds. The molecule has 0 radical (unpaired) electrons. The molecule has 120 valence electrons. The van der Waals surface area contributed by atoms with Crippen LogP contribution in [0.1, 0.15) is 51.9 Å². The van der Waals surface area contributed by atoms with Gasteiger partial charge >= 0.3 is 5.97 Å². The molecule has 3 aliphatic heterocycles. The average Bonchev–Trinajstić information content (AvgIpc) is 2.48. The first-order valence-corrected chi connectivity index (χ1v) is 8.28. The first-order valence-electron chi connectivity index (χ1n) is 8.28. The van der Waals surface area contributed by atoms with Gasteiger partial charge in [0.15, 0.2) is 0 Å². The van der Waals surface area contributed by atoms with E-state index in [0.717, 1.165) is 71.3 Å². The van der Waals surface area contributed by atoms with E-state index >= 15 is 0 Å². The Morgan fingerprint density at radius 2 is 1.95 bits per heavy atom. The highest BCUT2D eigenvalue weighted by atomic mass is 16.5. The molecule has 1 spiro atoms. The number of carboxylic acid groups (broad SMARTS) is 1. The molecular formula is C16H27NO4. The Morgan fingerprint density at radius 1 is 1.19 bits per heavy atom. The summed E-state index contributed by atoms with van der Waals surface area (Å²) in [7, 11) is 0. The van der Waals surface area contributed by atoms with E-state index < -0.39 is 11.5 Å². The van der Waals surface area contributed by atoms with Crippen LogP contribution in [-0.4, -0.2) is 59.5 Å². The van der Waals surface area contributed by atoms with Gasteiger partial charge < -0.3 is 14.6 Å². The molecule has 5 heteroatoms. The molecule has 0 aliphatic carbocycles. The second-order valence-corrected chi connectivity index (χ2v) is 7.02. The second kappa shape index (κ2) is 5.86. The fraction of sp³-hybridized carbons (Fsp3) is 0.938. The van der Waals surface area contributed by atoms with Crippen molar-refractivity contribution in [3.63, 3.8) is 0 Å². The van der Waals surface area contributed by atoms with Crippen LogP contribution in [0.3, 0.4) is 0 Å². The molecule has 1 N–H and O–H groups in total. The lowest BCUT2D eigenvalue weighted by atomic mass is 9.79. The van der Waals surface area contributed by atoms with E-state index in [2.05, 4.69) is 4.90 Å². The Labute approximate surface area is 126 Å². The molecule has 2 unspecified atom stereocenters. The van der Waals surface area contributed by atoms with Crippen molar-refractivity contribution < 1.29 is 19.4 Å². The lowest BCUT2D eigenvalue weighted by Gasteiger charge is -2.51. The third kappa shape index (κ3) is 2.83. The quantitative estimate of drug-likeness (QED) is 0.845. The minimum absolute atomic E-state index is 0.0714. The second-order valence-electron chi connectivity index (χ2n) is 7.02. The molecule has 0 aromatic rings. The first-order chi connectivity index (χ1) is 10.1. The third-order valence-corrected chi connectivity index (χ3v) is 5.72. The van der Waals surface area contributed by atoms with E-state index in [4.69, 9.17) is 9.47 Å². The maximum absolute atomic E-state index is 11.8. The van der Waals surface area contributed by atoms with Crippen molar-refractivity contribution in [1.82, 2.24) is 4.90 Å². The molecule has 0 aromatic carbocycles. The van der Waals surface area contributed by atoms with Gasteiger partial charge in [0.05, 0.1) is 5.60 Å². The number of ether oxygens (including phenoxy) is 2. The van der Waals surface area contributed by atoms with Gasteiger partial charge in [0.25, 0.3) is 0 Å². The molecule has 0 bridgehead atoms. The van der Waals surface area contributed by atoms with E-state index in [9.17, 15) is 9.90 Å². The van der Waals surface area contributed by atoms with Crippen molar-refractivity contribution in [2.45, 2.75) is 69.1 Å². The van der Waals surface area contributed by atoms with E-state index in [1.54, 1.807) is 0 Å². The van der Waals surface area contributed by atoms with Crippen LogP contribution in [0.5, 0.6) is 0 Å². The molecule has 3 aliphatic rings. The van der Waals surface area contributed by atoms with Crippen molar-refractivity contribution in [3.05, 3.63) is 0 Å². The first kappa shape index (κ1) is 15.3. The SMILES string of the molecule is CC1(C(=O)O)CCCCN1C1CCOC2(CCOCC2)C1. The maximum Gasteiger partial charge on any atom is 0.323 e. The normalized spacial score (nSPS) is 37.5. The van der Waals surface area contributed by atoms with Crippen LogP contribution in [0.2, 0.25) is 0 Å². The summed E-state index contributed by atoms with van der Waals surface area (Å²) in [6.45, 7) is 5.09. The van der Waals surface area contributed by atoms with Gasteiger partial charge in [0.1, 0.15) is 5.54 Å². The molecule has 5 nitrogen and oxygen atoms in total. The predicted molar refractivity (Wildman–Crippen MR) is 78.4 cm³/mol. The molecule has 3 fully saturated rings. The zero-order valence-corrected chi connectivity index (χ0v) is 13.0. The van der Waals surface area contributed by atoms with Gasteiger partial charge in [-0.2, -0.15) is 0 Å². The van der Waals surface area contributed by atoms with Gasteiger partial charge in [-0.1, -0.05) is 0 Å². The number of likely N-dealkylation sites (tertiary alicyclic amines) is 1. The van der Waals surface area contributed by atoms with Crippen LogP contribution in [0, 0.1) is 0 Å². The van der Waals surface area contributed by atoms with E-state index in [1.807, 2.05) is 6.92 Å². The Bertz CT molecular complexity index is 388. The van der Waals surface area contributed by atoms with Crippen molar-refractivity contribution in [2.75, 3.05) is 26.4 Å². The molecule has 3 heterocycles. The summed E-state index contributed by atoms with van der Waals surface area (Å²) < 4.78 is 11.6. The number of rotatable bonds is 2.